The Morgan fingerprint density at radius 3 is 2.40 bits per heavy atom. The van der Waals surface area contributed by atoms with E-state index in [1.807, 2.05) is 6.08 Å². The minimum Gasteiger partial charge on any atom is -0.481 e. The van der Waals surface area contributed by atoms with Gasteiger partial charge in [0.05, 0.1) is 24.2 Å². The van der Waals surface area contributed by atoms with Crippen molar-refractivity contribution in [1.29, 1.82) is 0 Å². The number of carboxylic acid groups (broad SMARTS) is 1. The van der Waals surface area contributed by atoms with Crippen molar-refractivity contribution in [3.8, 4) is 0 Å². The van der Waals surface area contributed by atoms with Crippen LogP contribution in [0.3, 0.4) is 0 Å². The molecular formula is C18H21NO5S. The van der Waals surface area contributed by atoms with Crippen LogP contribution in [0.25, 0.3) is 0 Å². The fourth-order valence-electron chi connectivity index (χ4n) is 2.59. The van der Waals surface area contributed by atoms with Gasteiger partial charge >= 0.3 is 11.9 Å². The van der Waals surface area contributed by atoms with Gasteiger partial charge in [-0.05, 0) is 44.0 Å². The quantitative estimate of drug-likeness (QED) is 0.440. The van der Waals surface area contributed by atoms with Crippen molar-refractivity contribution in [2.75, 3.05) is 17.7 Å². The van der Waals surface area contributed by atoms with Gasteiger partial charge in [0.2, 0.25) is 5.91 Å². The first-order valence-electron chi connectivity index (χ1n) is 8.08. The van der Waals surface area contributed by atoms with Gasteiger partial charge in [-0.1, -0.05) is 12.2 Å². The molecular weight excluding hydrogens is 342 g/mol. The maximum absolute atomic E-state index is 12.4. The predicted octanol–water partition coefficient (Wildman–Crippen LogP) is 2.95. The molecule has 0 aliphatic heterocycles. The first-order chi connectivity index (χ1) is 12.0. The van der Waals surface area contributed by atoms with Crippen molar-refractivity contribution < 1.29 is 24.2 Å². The topological polar surface area (TPSA) is 92.7 Å². The molecule has 1 aliphatic rings. The smallest absolute Gasteiger partial charge is 0.316 e. The summed E-state index contributed by atoms with van der Waals surface area (Å²) in [6.07, 6.45) is 4.45. The fraction of sp³-hybridized carbons (Fsp3) is 0.389. The molecule has 2 rings (SSSR count). The maximum atomic E-state index is 12.4. The molecule has 1 aromatic carbocycles. The number of allylic oxidation sites excluding steroid dienone is 2. The highest BCUT2D eigenvalue weighted by Gasteiger charge is 2.33. The van der Waals surface area contributed by atoms with Crippen LogP contribution in [-0.4, -0.2) is 35.3 Å². The highest BCUT2D eigenvalue weighted by Crippen LogP contribution is 2.28. The molecule has 0 saturated heterocycles. The molecule has 1 aliphatic carbocycles. The van der Waals surface area contributed by atoms with Gasteiger partial charge in [0.15, 0.2) is 0 Å². The van der Waals surface area contributed by atoms with Crippen LogP contribution < -0.4 is 5.32 Å². The monoisotopic (exact) mass is 363 g/mol. The van der Waals surface area contributed by atoms with Crippen LogP contribution in [0.5, 0.6) is 0 Å². The molecule has 0 heterocycles. The van der Waals surface area contributed by atoms with E-state index in [0.29, 0.717) is 25.1 Å². The molecule has 25 heavy (non-hydrogen) atoms. The van der Waals surface area contributed by atoms with Gasteiger partial charge in [-0.25, -0.2) is 0 Å². The van der Waals surface area contributed by atoms with E-state index in [1.165, 1.54) is 11.8 Å². The predicted molar refractivity (Wildman–Crippen MR) is 95.4 cm³/mol. The summed E-state index contributed by atoms with van der Waals surface area (Å²) in [5.74, 6) is -2.53. The first kappa shape index (κ1) is 19.1. The van der Waals surface area contributed by atoms with Gasteiger partial charge in [-0.3, -0.25) is 14.4 Å². The lowest BCUT2D eigenvalue weighted by atomic mass is 9.82. The van der Waals surface area contributed by atoms with Crippen molar-refractivity contribution in [2.24, 2.45) is 11.8 Å². The van der Waals surface area contributed by atoms with Crippen molar-refractivity contribution >= 4 is 35.3 Å². The molecule has 2 unspecified atom stereocenters. The van der Waals surface area contributed by atoms with Crippen LogP contribution in [0.15, 0.2) is 41.3 Å². The molecule has 1 amide bonds. The lowest BCUT2D eigenvalue weighted by Crippen LogP contribution is -2.34. The average Bonchev–Trinajstić information content (AvgIpc) is 2.61. The third kappa shape index (κ3) is 5.63. The Bertz CT molecular complexity index is 656. The molecule has 0 bridgehead atoms. The van der Waals surface area contributed by atoms with E-state index >= 15 is 0 Å². The zero-order valence-corrected chi connectivity index (χ0v) is 14.8. The van der Waals surface area contributed by atoms with Gasteiger partial charge in [0.25, 0.3) is 0 Å². The number of benzene rings is 1. The first-order valence-corrected chi connectivity index (χ1v) is 9.07. The Labute approximate surface area is 150 Å². The highest BCUT2D eigenvalue weighted by molar-refractivity contribution is 8.00. The minimum atomic E-state index is -0.949. The summed E-state index contributed by atoms with van der Waals surface area (Å²) in [7, 11) is 0. The number of hydrogen-bond acceptors (Lipinski definition) is 5. The largest absolute Gasteiger partial charge is 0.481 e. The summed E-state index contributed by atoms with van der Waals surface area (Å²) in [5, 5.41) is 12.0. The summed E-state index contributed by atoms with van der Waals surface area (Å²) in [5.41, 5.74) is 0.601. The van der Waals surface area contributed by atoms with E-state index in [-0.39, 0.29) is 17.6 Å². The number of carbonyl (C=O) groups excluding carboxylic acids is 2. The molecule has 7 heteroatoms. The standard InChI is InChI=1S/C18H21NO5S/c1-2-24-16(20)11-25-13-9-7-12(8-10-13)19-17(21)14-5-3-4-6-15(14)18(22)23/h3-4,7-10,14-15H,2,5-6,11H2,1H3,(H,19,21)(H,22,23). The SMILES string of the molecule is CCOC(=O)CSc1ccc(NC(=O)C2CC=CCC2C(=O)O)cc1. The van der Waals surface area contributed by atoms with E-state index in [9.17, 15) is 19.5 Å². The fourth-order valence-corrected chi connectivity index (χ4v) is 3.29. The van der Waals surface area contributed by atoms with Gasteiger partial charge in [0.1, 0.15) is 0 Å². The van der Waals surface area contributed by atoms with Crippen LogP contribution in [0.1, 0.15) is 19.8 Å². The number of esters is 1. The number of amides is 1. The number of anilines is 1. The molecule has 0 saturated carbocycles. The van der Waals surface area contributed by atoms with Crippen LogP contribution in [0.2, 0.25) is 0 Å². The molecule has 0 radical (unpaired) electrons. The van der Waals surface area contributed by atoms with Crippen molar-refractivity contribution in [1.82, 2.24) is 0 Å². The Hall–Kier alpha value is -2.28. The molecule has 0 fully saturated rings. The van der Waals surface area contributed by atoms with Crippen molar-refractivity contribution in [2.45, 2.75) is 24.7 Å². The van der Waals surface area contributed by atoms with Crippen LogP contribution in [0.4, 0.5) is 5.69 Å². The Morgan fingerprint density at radius 1 is 1.16 bits per heavy atom. The molecule has 134 valence electrons. The number of aliphatic carboxylic acids is 1. The molecule has 0 aromatic heterocycles. The molecule has 0 spiro atoms. The summed E-state index contributed by atoms with van der Waals surface area (Å²) >= 11 is 1.35. The summed E-state index contributed by atoms with van der Waals surface area (Å²) < 4.78 is 4.87. The number of hydrogen-bond donors (Lipinski definition) is 2. The lowest BCUT2D eigenvalue weighted by Gasteiger charge is -2.24. The van der Waals surface area contributed by atoms with Gasteiger partial charge in [-0.2, -0.15) is 0 Å². The normalized spacial score (nSPS) is 19.2. The number of thioether (sulfide) groups is 1. The number of rotatable bonds is 7. The Kier molecular flexibility index (Phi) is 7.06. The zero-order chi connectivity index (χ0) is 18.2. The van der Waals surface area contributed by atoms with Crippen LogP contribution in [-0.2, 0) is 19.1 Å². The summed E-state index contributed by atoms with van der Waals surface area (Å²) in [4.78, 5) is 35.9. The van der Waals surface area contributed by atoms with Gasteiger partial charge in [0, 0.05) is 10.6 Å². The van der Waals surface area contributed by atoms with Crippen molar-refractivity contribution in [3.05, 3.63) is 36.4 Å². The van der Waals surface area contributed by atoms with E-state index in [2.05, 4.69) is 5.32 Å². The molecule has 2 N–H and O–H groups in total. The number of carbonyl (C=O) groups is 3. The molecule has 2 atom stereocenters. The van der Waals surface area contributed by atoms with Gasteiger partial charge < -0.3 is 15.2 Å². The van der Waals surface area contributed by atoms with E-state index in [1.54, 1.807) is 37.3 Å². The lowest BCUT2D eigenvalue weighted by molar-refractivity contribution is -0.146. The second-order valence-corrected chi connectivity index (χ2v) is 6.65. The van der Waals surface area contributed by atoms with E-state index in [0.717, 1.165) is 4.90 Å². The number of ether oxygens (including phenoxy) is 1. The molecule has 6 nitrogen and oxygen atoms in total. The Balaban J connectivity index is 1.92. The van der Waals surface area contributed by atoms with Crippen molar-refractivity contribution in [3.63, 3.8) is 0 Å². The van der Waals surface area contributed by atoms with Gasteiger partial charge in [-0.15, -0.1) is 11.8 Å². The minimum absolute atomic E-state index is 0.230. The molecule has 1 aromatic rings. The van der Waals surface area contributed by atoms with E-state index < -0.39 is 17.8 Å². The van der Waals surface area contributed by atoms with E-state index in [4.69, 9.17) is 4.74 Å². The number of carboxylic acids is 1. The zero-order valence-electron chi connectivity index (χ0n) is 13.9. The average molecular weight is 363 g/mol. The maximum Gasteiger partial charge on any atom is 0.316 e. The highest BCUT2D eigenvalue weighted by atomic mass is 32.2. The second-order valence-electron chi connectivity index (χ2n) is 5.60. The third-order valence-corrected chi connectivity index (χ3v) is 4.86. The third-order valence-electron chi connectivity index (χ3n) is 3.87. The summed E-state index contributed by atoms with van der Waals surface area (Å²) in [6, 6.07) is 7.07. The Morgan fingerprint density at radius 2 is 1.80 bits per heavy atom. The summed E-state index contributed by atoms with van der Waals surface area (Å²) in [6.45, 7) is 2.12. The number of nitrogens with one attached hydrogen (secondary N) is 1. The second kappa shape index (κ2) is 9.27. The van der Waals surface area contributed by atoms with Crippen LogP contribution >= 0.6 is 11.8 Å². The van der Waals surface area contributed by atoms with Crippen LogP contribution in [0, 0.1) is 11.8 Å².